The minimum atomic E-state index is -0.278. The highest BCUT2D eigenvalue weighted by molar-refractivity contribution is 6.07. The lowest BCUT2D eigenvalue weighted by molar-refractivity contribution is 0.101. The van der Waals surface area contributed by atoms with Gasteiger partial charge in [-0.2, -0.15) is 0 Å². The van der Waals surface area contributed by atoms with Crippen LogP contribution in [0, 0.1) is 0 Å². The summed E-state index contributed by atoms with van der Waals surface area (Å²) in [6.07, 6.45) is 8.90. The van der Waals surface area contributed by atoms with Gasteiger partial charge in [0.25, 0.3) is 11.8 Å². The molecule has 1 aliphatic carbocycles. The van der Waals surface area contributed by atoms with Gasteiger partial charge in [0.05, 0.1) is 16.6 Å². The molecule has 0 atom stereocenters. The molecule has 2 aromatic carbocycles. The molecule has 0 spiro atoms. The maximum atomic E-state index is 13.1. The molecular formula is C26H25N5O2. The Hall–Kier alpha value is -4.00. The van der Waals surface area contributed by atoms with Crippen molar-refractivity contribution in [2.24, 2.45) is 0 Å². The highest BCUT2D eigenvalue weighted by Crippen LogP contribution is 2.34. The van der Waals surface area contributed by atoms with E-state index in [2.05, 4.69) is 26.3 Å². The number of rotatable bonds is 5. The largest absolute Gasteiger partial charge is 0.322 e. The minimum Gasteiger partial charge on any atom is -0.322 e. The van der Waals surface area contributed by atoms with Gasteiger partial charge in [-0.25, -0.2) is 4.98 Å². The molecule has 166 valence electrons. The van der Waals surface area contributed by atoms with Crippen molar-refractivity contribution < 1.29 is 9.59 Å². The maximum Gasteiger partial charge on any atom is 0.258 e. The second-order valence-corrected chi connectivity index (χ2v) is 8.32. The summed E-state index contributed by atoms with van der Waals surface area (Å²) < 4.78 is 2.18. The lowest BCUT2D eigenvalue weighted by atomic mass is 9.95. The second-order valence-electron chi connectivity index (χ2n) is 8.32. The van der Waals surface area contributed by atoms with Gasteiger partial charge in [0.2, 0.25) is 5.95 Å². The third-order valence-corrected chi connectivity index (χ3v) is 6.07. The summed E-state index contributed by atoms with van der Waals surface area (Å²) in [5.74, 6) is 0.0255. The molecular weight excluding hydrogens is 414 g/mol. The molecule has 2 aromatic heterocycles. The smallest absolute Gasteiger partial charge is 0.258 e. The number of pyridine rings is 1. The average Bonchev–Trinajstić information content (AvgIpc) is 3.23. The summed E-state index contributed by atoms with van der Waals surface area (Å²) in [5.41, 5.74) is 3.35. The van der Waals surface area contributed by atoms with Crippen LogP contribution in [0.4, 0.5) is 11.6 Å². The van der Waals surface area contributed by atoms with Crippen molar-refractivity contribution in [3.05, 3.63) is 84.2 Å². The number of imidazole rings is 1. The molecule has 1 aliphatic rings. The van der Waals surface area contributed by atoms with E-state index in [1.54, 1.807) is 42.6 Å². The predicted molar refractivity (Wildman–Crippen MR) is 128 cm³/mol. The Morgan fingerprint density at radius 3 is 2.45 bits per heavy atom. The standard InChI is InChI=1S/C26H25N5O2/c32-24(18-8-6-10-20(16-18)28-25(33)19-9-7-15-27-17-19)30-26-29-22-13-4-5-14-23(22)31(26)21-11-2-1-3-12-21/h4-10,13-17,21H,1-3,11-12H2,(H,28,33)(H,29,30,32). The van der Waals surface area contributed by atoms with Crippen LogP contribution in [-0.4, -0.2) is 26.3 Å². The Morgan fingerprint density at radius 1 is 0.848 bits per heavy atom. The van der Waals surface area contributed by atoms with E-state index in [1.165, 1.54) is 25.5 Å². The van der Waals surface area contributed by atoms with Crippen LogP contribution >= 0.6 is 0 Å². The van der Waals surface area contributed by atoms with Crippen LogP contribution in [0.1, 0.15) is 58.9 Å². The minimum absolute atomic E-state index is 0.264. The first-order chi connectivity index (χ1) is 16.2. The molecule has 2 N–H and O–H groups in total. The van der Waals surface area contributed by atoms with E-state index in [0.717, 1.165) is 23.9 Å². The summed E-state index contributed by atoms with van der Waals surface area (Å²) in [6.45, 7) is 0. The van der Waals surface area contributed by atoms with Gasteiger partial charge < -0.3 is 9.88 Å². The summed E-state index contributed by atoms with van der Waals surface area (Å²) in [5, 5.41) is 5.84. The number of nitrogens with one attached hydrogen (secondary N) is 2. The van der Waals surface area contributed by atoms with Gasteiger partial charge in [-0.3, -0.25) is 19.9 Å². The Labute approximate surface area is 191 Å². The number of anilines is 2. The van der Waals surface area contributed by atoms with E-state index >= 15 is 0 Å². The molecule has 0 unspecified atom stereocenters. The average molecular weight is 440 g/mol. The topological polar surface area (TPSA) is 88.9 Å². The fourth-order valence-electron chi connectivity index (χ4n) is 4.45. The monoisotopic (exact) mass is 439 g/mol. The van der Waals surface area contributed by atoms with E-state index in [-0.39, 0.29) is 11.8 Å². The summed E-state index contributed by atoms with van der Waals surface area (Å²) >= 11 is 0. The molecule has 0 saturated heterocycles. The van der Waals surface area contributed by atoms with Crippen LogP contribution in [0.2, 0.25) is 0 Å². The maximum absolute atomic E-state index is 13.1. The molecule has 0 aliphatic heterocycles. The Bertz CT molecular complexity index is 1290. The zero-order valence-corrected chi connectivity index (χ0v) is 18.2. The van der Waals surface area contributed by atoms with E-state index in [0.29, 0.717) is 28.8 Å². The first-order valence-corrected chi connectivity index (χ1v) is 11.3. The number of carbonyl (C=O) groups excluding carboxylic acids is 2. The lowest BCUT2D eigenvalue weighted by Crippen LogP contribution is -2.20. The number of aromatic nitrogens is 3. The van der Waals surface area contributed by atoms with Crippen LogP contribution in [0.25, 0.3) is 11.0 Å². The lowest BCUT2D eigenvalue weighted by Gasteiger charge is -2.25. The molecule has 2 heterocycles. The van der Waals surface area contributed by atoms with Crippen LogP contribution in [-0.2, 0) is 0 Å². The van der Waals surface area contributed by atoms with E-state index in [1.807, 2.05) is 18.2 Å². The highest BCUT2D eigenvalue weighted by Gasteiger charge is 2.23. The number of amides is 2. The molecule has 33 heavy (non-hydrogen) atoms. The van der Waals surface area contributed by atoms with E-state index in [4.69, 9.17) is 4.98 Å². The Morgan fingerprint density at radius 2 is 1.64 bits per heavy atom. The van der Waals surface area contributed by atoms with E-state index < -0.39 is 0 Å². The molecule has 7 nitrogen and oxygen atoms in total. The highest BCUT2D eigenvalue weighted by atomic mass is 16.2. The third-order valence-electron chi connectivity index (χ3n) is 6.07. The van der Waals surface area contributed by atoms with Crippen LogP contribution in [0.15, 0.2) is 73.1 Å². The van der Waals surface area contributed by atoms with Crippen molar-refractivity contribution in [2.75, 3.05) is 10.6 Å². The molecule has 7 heteroatoms. The predicted octanol–water partition coefficient (Wildman–Crippen LogP) is 5.44. The SMILES string of the molecule is O=C(Nc1cccc(C(=O)Nc2nc3ccccc3n2C2CCCCC2)c1)c1cccnc1. The van der Waals surface area contributed by atoms with Gasteiger partial charge in [0.15, 0.2) is 0 Å². The van der Waals surface area contributed by atoms with Gasteiger partial charge in [-0.15, -0.1) is 0 Å². The normalized spacial score (nSPS) is 14.2. The fraction of sp³-hybridized carbons (Fsp3) is 0.231. The summed E-state index contributed by atoms with van der Waals surface area (Å²) in [4.78, 5) is 34.3. The Kier molecular flexibility index (Phi) is 5.85. The van der Waals surface area contributed by atoms with Crippen molar-refractivity contribution in [2.45, 2.75) is 38.1 Å². The van der Waals surface area contributed by atoms with Crippen molar-refractivity contribution in [1.29, 1.82) is 0 Å². The third kappa shape index (κ3) is 4.48. The molecule has 2 amide bonds. The molecule has 0 bridgehead atoms. The second kappa shape index (κ2) is 9.24. The zero-order chi connectivity index (χ0) is 22.6. The molecule has 1 fully saturated rings. The van der Waals surface area contributed by atoms with Crippen molar-refractivity contribution in [3.8, 4) is 0 Å². The Balaban J connectivity index is 1.39. The zero-order valence-electron chi connectivity index (χ0n) is 18.2. The van der Waals surface area contributed by atoms with Gasteiger partial charge >= 0.3 is 0 Å². The summed E-state index contributed by atoms with van der Waals surface area (Å²) in [6, 6.07) is 18.6. The van der Waals surface area contributed by atoms with Crippen LogP contribution in [0.3, 0.4) is 0 Å². The van der Waals surface area contributed by atoms with Crippen LogP contribution in [0.5, 0.6) is 0 Å². The van der Waals surface area contributed by atoms with Crippen molar-refractivity contribution in [3.63, 3.8) is 0 Å². The molecule has 4 aromatic rings. The number of nitrogens with zero attached hydrogens (tertiary/aromatic N) is 3. The number of fused-ring (bicyclic) bond motifs is 1. The number of carbonyl (C=O) groups is 2. The molecule has 1 saturated carbocycles. The van der Waals surface area contributed by atoms with Gasteiger partial charge in [0.1, 0.15) is 0 Å². The summed E-state index contributed by atoms with van der Waals surface area (Å²) in [7, 11) is 0. The molecule has 5 rings (SSSR count). The first kappa shape index (κ1) is 20.9. The van der Waals surface area contributed by atoms with Gasteiger partial charge in [-0.1, -0.05) is 37.5 Å². The number of benzene rings is 2. The van der Waals surface area contributed by atoms with Crippen LogP contribution < -0.4 is 10.6 Å². The quantitative estimate of drug-likeness (QED) is 0.433. The van der Waals surface area contributed by atoms with Gasteiger partial charge in [0, 0.05) is 29.7 Å². The number of hydrogen-bond donors (Lipinski definition) is 2. The van der Waals surface area contributed by atoms with Crippen molar-refractivity contribution >= 4 is 34.5 Å². The first-order valence-electron chi connectivity index (χ1n) is 11.3. The molecule has 0 radical (unpaired) electrons. The number of para-hydroxylation sites is 2. The van der Waals surface area contributed by atoms with E-state index in [9.17, 15) is 9.59 Å². The van der Waals surface area contributed by atoms with Gasteiger partial charge in [-0.05, 0) is 55.3 Å². The number of hydrogen-bond acceptors (Lipinski definition) is 4. The fourth-order valence-corrected chi connectivity index (χ4v) is 4.45. The van der Waals surface area contributed by atoms with Crippen molar-refractivity contribution in [1.82, 2.24) is 14.5 Å².